The van der Waals surface area contributed by atoms with Crippen LogP contribution in [-0.4, -0.2) is 35.5 Å². The van der Waals surface area contributed by atoms with Gasteiger partial charge in [-0.25, -0.2) is 4.79 Å². The maximum atomic E-state index is 11.7. The number of ether oxygens (including phenoxy) is 1. The fraction of sp³-hybridized carbons (Fsp3) is 0.667. The molecule has 1 aromatic rings. The van der Waals surface area contributed by atoms with E-state index in [1.54, 1.807) is 6.92 Å². The molecule has 0 atom stereocenters. The van der Waals surface area contributed by atoms with Gasteiger partial charge in [0.15, 0.2) is 5.82 Å². The van der Waals surface area contributed by atoms with Crippen LogP contribution in [0.3, 0.4) is 0 Å². The van der Waals surface area contributed by atoms with Crippen molar-refractivity contribution in [1.29, 1.82) is 0 Å². The summed E-state index contributed by atoms with van der Waals surface area (Å²) >= 11 is 3.07. The van der Waals surface area contributed by atoms with Crippen molar-refractivity contribution in [2.75, 3.05) is 36.2 Å². The Balaban J connectivity index is 2.43. The van der Waals surface area contributed by atoms with Crippen LogP contribution in [-0.2, 0) is 4.74 Å². The number of rotatable bonds is 9. The molecule has 1 heterocycles. The first kappa shape index (κ1) is 16.1. The van der Waals surface area contributed by atoms with Crippen molar-refractivity contribution in [2.24, 2.45) is 0 Å². The molecule has 108 valence electrons. The van der Waals surface area contributed by atoms with Crippen molar-refractivity contribution < 1.29 is 9.53 Å². The van der Waals surface area contributed by atoms with Crippen LogP contribution in [0.5, 0.6) is 0 Å². The van der Waals surface area contributed by atoms with Gasteiger partial charge in [0, 0.05) is 6.54 Å². The number of carbonyl (C=O) groups is 1. The number of nitrogens with zero attached hydrogens (tertiary/aromatic N) is 1. The second-order valence-corrected chi connectivity index (χ2v) is 5.73. The van der Waals surface area contributed by atoms with E-state index in [2.05, 4.69) is 15.9 Å². The molecule has 0 spiro atoms. The van der Waals surface area contributed by atoms with E-state index in [4.69, 9.17) is 10.5 Å². The van der Waals surface area contributed by atoms with Gasteiger partial charge in [0.1, 0.15) is 10.6 Å². The normalized spacial score (nSPS) is 10.4. The molecule has 0 aliphatic heterocycles. The molecule has 0 amide bonds. The molecule has 7 heteroatoms. The Morgan fingerprint density at radius 2 is 2.26 bits per heavy atom. The smallest absolute Gasteiger partial charge is 0.344 e. The topological polar surface area (TPSA) is 77.2 Å². The zero-order valence-electron chi connectivity index (χ0n) is 11.4. The van der Waals surface area contributed by atoms with Crippen molar-refractivity contribution in [1.82, 2.24) is 4.37 Å². The summed E-state index contributed by atoms with van der Waals surface area (Å²) in [6.45, 7) is 2.93. The van der Waals surface area contributed by atoms with Crippen LogP contribution >= 0.6 is 23.3 Å². The molecular formula is C12H21N3O2S2. The Kier molecular flexibility index (Phi) is 7.66. The van der Waals surface area contributed by atoms with Gasteiger partial charge < -0.3 is 15.8 Å². The number of aromatic nitrogens is 1. The molecule has 0 unspecified atom stereocenters. The summed E-state index contributed by atoms with van der Waals surface area (Å²) in [6.07, 6.45) is 5.58. The summed E-state index contributed by atoms with van der Waals surface area (Å²) in [7, 11) is 0. The highest BCUT2D eigenvalue weighted by molar-refractivity contribution is 7.98. The van der Waals surface area contributed by atoms with E-state index < -0.39 is 5.97 Å². The van der Waals surface area contributed by atoms with Gasteiger partial charge in [-0.2, -0.15) is 16.1 Å². The molecule has 0 saturated heterocycles. The number of nitrogens with one attached hydrogen (secondary N) is 1. The van der Waals surface area contributed by atoms with Gasteiger partial charge in [-0.3, -0.25) is 0 Å². The van der Waals surface area contributed by atoms with Gasteiger partial charge in [-0.05, 0) is 43.3 Å². The third-order valence-electron chi connectivity index (χ3n) is 2.51. The van der Waals surface area contributed by atoms with Crippen LogP contribution < -0.4 is 11.1 Å². The predicted octanol–water partition coefficient (Wildman–Crippen LogP) is 2.85. The van der Waals surface area contributed by atoms with Crippen LogP contribution in [0, 0.1) is 0 Å². The Bertz CT molecular complexity index is 396. The van der Waals surface area contributed by atoms with Gasteiger partial charge in [0.25, 0.3) is 0 Å². The number of nitrogen functional groups attached to an aromatic ring is 1. The van der Waals surface area contributed by atoms with Crippen molar-refractivity contribution in [3.8, 4) is 0 Å². The van der Waals surface area contributed by atoms with E-state index in [9.17, 15) is 4.79 Å². The molecule has 19 heavy (non-hydrogen) atoms. The molecule has 1 aromatic heterocycles. The molecule has 0 aliphatic rings. The first-order valence-electron chi connectivity index (χ1n) is 6.35. The average molecular weight is 303 g/mol. The molecular weight excluding hydrogens is 282 g/mol. The number of unbranched alkanes of at least 4 members (excludes halogenated alkanes) is 2. The number of hydrogen-bond donors (Lipinski definition) is 2. The summed E-state index contributed by atoms with van der Waals surface area (Å²) in [5.41, 5.74) is 6.07. The highest BCUT2D eigenvalue weighted by Gasteiger charge is 2.19. The zero-order valence-corrected chi connectivity index (χ0v) is 13.0. The number of thioether (sulfide) groups is 1. The lowest BCUT2D eigenvalue weighted by Crippen LogP contribution is -2.10. The Hall–Kier alpha value is -0.950. The van der Waals surface area contributed by atoms with Gasteiger partial charge in [0.05, 0.1) is 6.61 Å². The van der Waals surface area contributed by atoms with E-state index >= 15 is 0 Å². The van der Waals surface area contributed by atoms with Crippen LogP contribution in [0.25, 0.3) is 0 Å². The molecule has 0 radical (unpaired) electrons. The van der Waals surface area contributed by atoms with E-state index in [1.807, 2.05) is 11.8 Å². The van der Waals surface area contributed by atoms with Gasteiger partial charge in [-0.1, -0.05) is 6.42 Å². The number of hydrogen-bond acceptors (Lipinski definition) is 7. The lowest BCUT2D eigenvalue weighted by Gasteiger charge is -2.06. The summed E-state index contributed by atoms with van der Waals surface area (Å²) in [4.78, 5) is 11.7. The number of esters is 1. The Labute approximate surface area is 122 Å². The molecule has 5 nitrogen and oxygen atoms in total. The predicted molar refractivity (Wildman–Crippen MR) is 83.2 cm³/mol. The number of nitrogens with two attached hydrogens (primary N) is 1. The Morgan fingerprint density at radius 3 is 2.95 bits per heavy atom. The van der Waals surface area contributed by atoms with E-state index in [1.165, 1.54) is 30.1 Å². The summed E-state index contributed by atoms with van der Waals surface area (Å²) in [6, 6.07) is 0. The second kappa shape index (κ2) is 9.03. The minimum atomic E-state index is -0.404. The van der Waals surface area contributed by atoms with Crippen LogP contribution in [0.4, 0.5) is 10.8 Å². The lowest BCUT2D eigenvalue weighted by molar-refractivity contribution is 0.0529. The fourth-order valence-electron chi connectivity index (χ4n) is 1.57. The average Bonchev–Trinajstić information content (AvgIpc) is 2.75. The summed E-state index contributed by atoms with van der Waals surface area (Å²) in [5, 5.41) is 3.93. The van der Waals surface area contributed by atoms with Gasteiger partial charge in [0.2, 0.25) is 0 Å². The summed E-state index contributed by atoms with van der Waals surface area (Å²) < 4.78 is 8.97. The lowest BCUT2D eigenvalue weighted by atomic mass is 10.2. The molecule has 0 aromatic carbocycles. The van der Waals surface area contributed by atoms with Crippen molar-refractivity contribution in [3.63, 3.8) is 0 Å². The third kappa shape index (κ3) is 5.28. The molecule has 0 aliphatic carbocycles. The number of anilines is 2. The SMILES string of the molecule is CCOC(=O)c1c(N)nsc1NCCCCCSC. The highest BCUT2D eigenvalue weighted by Crippen LogP contribution is 2.27. The molecule has 0 fully saturated rings. The van der Waals surface area contributed by atoms with E-state index in [-0.39, 0.29) is 5.82 Å². The largest absolute Gasteiger partial charge is 0.462 e. The van der Waals surface area contributed by atoms with Crippen molar-refractivity contribution in [2.45, 2.75) is 26.2 Å². The fourth-order valence-corrected chi connectivity index (χ4v) is 2.79. The standard InChI is InChI=1S/C12H21N3O2S2/c1-3-17-12(16)9-10(13)15-19-11(9)14-7-5-4-6-8-18-2/h14H,3-8H2,1-2H3,(H2,13,15). The Morgan fingerprint density at radius 1 is 1.47 bits per heavy atom. The maximum Gasteiger partial charge on any atom is 0.344 e. The monoisotopic (exact) mass is 303 g/mol. The van der Waals surface area contributed by atoms with Crippen LogP contribution in [0.2, 0.25) is 0 Å². The van der Waals surface area contributed by atoms with Crippen molar-refractivity contribution >= 4 is 40.1 Å². The first-order valence-corrected chi connectivity index (χ1v) is 8.52. The first-order chi connectivity index (χ1) is 9.20. The maximum absolute atomic E-state index is 11.7. The third-order valence-corrected chi connectivity index (χ3v) is 4.02. The van der Waals surface area contributed by atoms with E-state index in [0.717, 1.165) is 13.0 Å². The van der Waals surface area contributed by atoms with E-state index in [0.29, 0.717) is 17.2 Å². The molecule has 3 N–H and O–H groups in total. The second-order valence-electron chi connectivity index (χ2n) is 3.97. The molecule has 0 saturated carbocycles. The van der Waals surface area contributed by atoms with Crippen molar-refractivity contribution in [3.05, 3.63) is 5.56 Å². The minimum absolute atomic E-state index is 0.244. The summed E-state index contributed by atoms with van der Waals surface area (Å²) in [5.74, 6) is 1.04. The molecule has 1 rings (SSSR count). The van der Waals surface area contributed by atoms with Gasteiger partial charge >= 0.3 is 5.97 Å². The quantitative estimate of drug-likeness (QED) is 0.539. The van der Waals surface area contributed by atoms with Crippen LogP contribution in [0.1, 0.15) is 36.5 Å². The van der Waals surface area contributed by atoms with Crippen LogP contribution in [0.15, 0.2) is 0 Å². The zero-order chi connectivity index (χ0) is 14.1. The molecule has 0 bridgehead atoms. The highest BCUT2D eigenvalue weighted by atomic mass is 32.2. The van der Waals surface area contributed by atoms with Gasteiger partial charge in [-0.15, -0.1) is 0 Å². The minimum Gasteiger partial charge on any atom is -0.462 e. The number of carbonyl (C=O) groups excluding carboxylic acids is 1.